The van der Waals surface area contributed by atoms with Crippen molar-refractivity contribution in [3.05, 3.63) is 64.9 Å². The molecule has 136 valence electrons. The lowest BCUT2D eigenvalue weighted by Crippen LogP contribution is -2.09. The largest absolute Gasteiger partial charge is 0.419 e. The SMILES string of the molecule is Fc1cc(C(F)(F)F)c(F)cc1NSc1c[nH]c(-c2ccc(Cl)cn2)c1. The van der Waals surface area contributed by atoms with E-state index in [0.717, 1.165) is 11.9 Å². The quantitative estimate of drug-likeness (QED) is 0.404. The highest BCUT2D eigenvalue weighted by Gasteiger charge is 2.35. The topological polar surface area (TPSA) is 40.7 Å². The summed E-state index contributed by atoms with van der Waals surface area (Å²) in [6.07, 6.45) is -1.90. The van der Waals surface area contributed by atoms with Gasteiger partial charge in [-0.1, -0.05) is 11.6 Å². The second-order valence-corrected chi connectivity index (χ2v) is 6.44. The Kier molecular flexibility index (Phi) is 5.10. The average Bonchev–Trinajstić information content (AvgIpc) is 3.04. The summed E-state index contributed by atoms with van der Waals surface area (Å²) < 4.78 is 67.5. The number of pyridine rings is 1. The zero-order valence-corrected chi connectivity index (χ0v) is 14.2. The molecule has 0 aliphatic rings. The lowest BCUT2D eigenvalue weighted by Gasteiger charge is -2.11. The molecule has 0 bridgehead atoms. The van der Waals surface area contributed by atoms with E-state index in [1.54, 1.807) is 24.4 Å². The Bertz CT molecular complexity index is 925. The Balaban J connectivity index is 1.74. The van der Waals surface area contributed by atoms with Crippen LogP contribution in [-0.2, 0) is 6.18 Å². The number of aromatic nitrogens is 2. The van der Waals surface area contributed by atoms with Crippen molar-refractivity contribution < 1.29 is 22.0 Å². The zero-order valence-electron chi connectivity index (χ0n) is 12.7. The summed E-state index contributed by atoms with van der Waals surface area (Å²) in [5, 5.41) is 0.483. The van der Waals surface area contributed by atoms with Crippen molar-refractivity contribution in [1.82, 2.24) is 9.97 Å². The molecule has 0 spiro atoms. The van der Waals surface area contributed by atoms with Crippen molar-refractivity contribution in [2.24, 2.45) is 0 Å². The maximum absolute atomic E-state index is 13.8. The minimum absolute atomic E-state index is 0.123. The molecule has 2 heterocycles. The van der Waals surface area contributed by atoms with Crippen molar-refractivity contribution in [2.75, 3.05) is 4.72 Å². The van der Waals surface area contributed by atoms with Gasteiger partial charge in [0.25, 0.3) is 0 Å². The van der Waals surface area contributed by atoms with Crippen molar-refractivity contribution in [1.29, 1.82) is 0 Å². The van der Waals surface area contributed by atoms with Gasteiger partial charge in [0.05, 0.1) is 27.7 Å². The maximum atomic E-state index is 13.8. The van der Waals surface area contributed by atoms with Gasteiger partial charge in [0.15, 0.2) is 0 Å². The van der Waals surface area contributed by atoms with E-state index in [-0.39, 0.29) is 6.07 Å². The Morgan fingerprint density at radius 1 is 1.08 bits per heavy atom. The fourth-order valence-electron chi connectivity index (χ4n) is 2.07. The van der Waals surface area contributed by atoms with Crippen LogP contribution in [0.2, 0.25) is 5.02 Å². The van der Waals surface area contributed by atoms with Crippen molar-refractivity contribution in [3.63, 3.8) is 0 Å². The third-order valence-corrected chi connectivity index (χ3v) is 4.32. The van der Waals surface area contributed by atoms with Crippen molar-refractivity contribution >= 4 is 29.2 Å². The second-order valence-electron chi connectivity index (χ2n) is 5.12. The molecule has 0 fully saturated rings. The monoisotopic (exact) mass is 405 g/mol. The molecule has 0 unspecified atom stereocenters. The van der Waals surface area contributed by atoms with Crippen molar-refractivity contribution in [2.45, 2.75) is 11.1 Å². The first-order chi connectivity index (χ1) is 12.2. The lowest BCUT2D eigenvalue weighted by molar-refractivity contribution is -0.140. The minimum Gasteiger partial charge on any atom is -0.359 e. The summed E-state index contributed by atoms with van der Waals surface area (Å²) in [5.41, 5.74) is -0.769. The van der Waals surface area contributed by atoms with Crippen LogP contribution in [0.1, 0.15) is 5.56 Å². The lowest BCUT2D eigenvalue weighted by atomic mass is 10.2. The first-order valence-corrected chi connectivity index (χ1v) is 8.23. The van der Waals surface area contributed by atoms with Gasteiger partial charge in [0.1, 0.15) is 11.6 Å². The van der Waals surface area contributed by atoms with E-state index in [0.29, 0.717) is 27.4 Å². The second kappa shape index (κ2) is 7.16. The Labute approximate surface area is 153 Å². The van der Waals surface area contributed by atoms with E-state index < -0.39 is 29.1 Å². The van der Waals surface area contributed by atoms with Gasteiger partial charge in [-0.25, -0.2) is 8.78 Å². The smallest absolute Gasteiger partial charge is 0.359 e. The summed E-state index contributed by atoms with van der Waals surface area (Å²) in [6.45, 7) is 0. The summed E-state index contributed by atoms with van der Waals surface area (Å²) >= 11 is 6.67. The van der Waals surface area contributed by atoms with Crippen LogP contribution in [0.3, 0.4) is 0 Å². The number of anilines is 1. The maximum Gasteiger partial charge on any atom is 0.419 e. The minimum atomic E-state index is -4.96. The van der Waals surface area contributed by atoms with Crippen LogP contribution < -0.4 is 4.72 Å². The van der Waals surface area contributed by atoms with Crippen LogP contribution >= 0.6 is 23.5 Å². The molecule has 0 saturated carbocycles. The third-order valence-electron chi connectivity index (χ3n) is 3.30. The molecule has 0 amide bonds. The van der Waals surface area contributed by atoms with Gasteiger partial charge < -0.3 is 9.71 Å². The fraction of sp³-hybridized carbons (Fsp3) is 0.0625. The van der Waals surface area contributed by atoms with E-state index in [2.05, 4.69) is 14.7 Å². The highest BCUT2D eigenvalue weighted by Crippen LogP contribution is 2.35. The van der Waals surface area contributed by atoms with Crippen LogP contribution in [0.5, 0.6) is 0 Å². The highest BCUT2D eigenvalue weighted by atomic mass is 35.5. The van der Waals surface area contributed by atoms with Gasteiger partial charge in [0, 0.05) is 23.4 Å². The van der Waals surface area contributed by atoms with Gasteiger partial charge in [-0.2, -0.15) is 13.2 Å². The van der Waals surface area contributed by atoms with Crippen LogP contribution in [0.4, 0.5) is 27.6 Å². The predicted octanol–water partition coefficient (Wildman–Crippen LogP) is 6.15. The van der Waals surface area contributed by atoms with Gasteiger partial charge in [0.2, 0.25) is 0 Å². The Morgan fingerprint density at radius 3 is 2.50 bits per heavy atom. The van der Waals surface area contributed by atoms with E-state index in [1.807, 2.05) is 0 Å². The number of nitrogens with one attached hydrogen (secondary N) is 2. The molecule has 3 nitrogen and oxygen atoms in total. The first-order valence-electron chi connectivity index (χ1n) is 7.03. The molecule has 2 N–H and O–H groups in total. The van der Waals surface area contributed by atoms with Gasteiger partial charge in [-0.3, -0.25) is 4.98 Å². The van der Waals surface area contributed by atoms with E-state index >= 15 is 0 Å². The van der Waals surface area contributed by atoms with Gasteiger partial charge in [-0.05, 0) is 36.2 Å². The molecule has 0 aliphatic carbocycles. The number of aromatic amines is 1. The summed E-state index contributed by atoms with van der Waals surface area (Å²) in [6, 6.07) is 5.64. The van der Waals surface area contributed by atoms with E-state index in [4.69, 9.17) is 11.6 Å². The Hall–Kier alpha value is -2.26. The number of hydrogen-bond acceptors (Lipinski definition) is 3. The Morgan fingerprint density at radius 2 is 1.85 bits per heavy atom. The number of hydrogen-bond donors (Lipinski definition) is 2. The molecule has 1 aromatic carbocycles. The molecule has 2 aromatic heterocycles. The molecule has 3 aromatic rings. The first kappa shape index (κ1) is 18.5. The molecule has 0 atom stereocenters. The van der Waals surface area contributed by atoms with Crippen LogP contribution in [0.25, 0.3) is 11.4 Å². The van der Waals surface area contributed by atoms with E-state index in [1.165, 1.54) is 6.20 Å². The van der Waals surface area contributed by atoms with Gasteiger partial charge in [-0.15, -0.1) is 0 Å². The molecule has 0 saturated heterocycles. The number of rotatable bonds is 4. The van der Waals surface area contributed by atoms with Crippen LogP contribution in [0.15, 0.2) is 47.6 Å². The summed E-state index contributed by atoms with van der Waals surface area (Å²) in [4.78, 5) is 7.67. The predicted molar refractivity (Wildman–Crippen MR) is 89.9 cm³/mol. The zero-order chi connectivity index (χ0) is 18.9. The van der Waals surface area contributed by atoms with Crippen LogP contribution in [0, 0.1) is 11.6 Å². The standard InChI is InChI=1S/C16H9ClF5N3S/c17-8-1-2-13(23-6-8)15-3-9(7-24-15)26-25-14-5-11(18)10(4-12(14)19)16(20,21)22/h1-7,24-25H. The number of benzene rings is 1. The molecular weight excluding hydrogens is 397 g/mol. The van der Waals surface area contributed by atoms with E-state index in [9.17, 15) is 22.0 Å². The molecule has 3 rings (SSSR count). The molecule has 0 radical (unpaired) electrons. The molecule has 10 heteroatoms. The number of alkyl halides is 3. The third kappa shape index (κ3) is 4.10. The van der Waals surface area contributed by atoms with Crippen molar-refractivity contribution in [3.8, 4) is 11.4 Å². The number of nitrogens with zero attached hydrogens (tertiary/aromatic N) is 1. The van der Waals surface area contributed by atoms with Crippen LogP contribution in [-0.4, -0.2) is 9.97 Å². The average molecular weight is 406 g/mol. The number of H-pyrrole nitrogens is 1. The molecule has 0 aliphatic heterocycles. The molecule has 26 heavy (non-hydrogen) atoms. The fourth-order valence-corrected chi connectivity index (χ4v) is 2.86. The normalized spacial score (nSPS) is 11.6. The highest BCUT2D eigenvalue weighted by molar-refractivity contribution is 8.00. The van der Waals surface area contributed by atoms with Gasteiger partial charge >= 0.3 is 6.18 Å². The number of halogens is 6. The summed E-state index contributed by atoms with van der Waals surface area (Å²) in [5.74, 6) is -2.76. The summed E-state index contributed by atoms with van der Waals surface area (Å²) in [7, 11) is 0. The molecular formula is C16H9ClF5N3S.